The lowest BCUT2D eigenvalue weighted by molar-refractivity contribution is 0.415. The van der Waals surface area contributed by atoms with E-state index in [0.29, 0.717) is 4.90 Å². The SMILES string of the molecule is COc1cccc(-c2c(-c3ccc(S(C)(=O)=O)cc3)ssc2=S)c1. The summed E-state index contributed by atoms with van der Waals surface area (Å²) < 4.78 is 29.3. The van der Waals surface area contributed by atoms with Gasteiger partial charge >= 0.3 is 0 Å². The van der Waals surface area contributed by atoms with E-state index in [9.17, 15) is 8.42 Å². The van der Waals surface area contributed by atoms with Gasteiger partial charge in [0, 0.05) is 11.8 Å². The zero-order chi connectivity index (χ0) is 17.3. The lowest BCUT2D eigenvalue weighted by atomic mass is 10.0. The minimum absolute atomic E-state index is 0.313. The molecule has 0 aliphatic rings. The van der Waals surface area contributed by atoms with Crippen molar-refractivity contribution in [3.05, 3.63) is 52.4 Å². The standard InChI is InChI=1S/C17H14O3S4/c1-20-13-5-3-4-12(10-13)15-16(22-23-17(15)21)11-6-8-14(9-7-11)24(2,18)19/h3-10H,1-2H3. The maximum atomic E-state index is 11.6. The fourth-order valence-electron chi connectivity index (χ4n) is 2.33. The van der Waals surface area contributed by atoms with E-state index in [1.54, 1.807) is 39.9 Å². The quantitative estimate of drug-likeness (QED) is 0.446. The van der Waals surface area contributed by atoms with Crippen LogP contribution in [0.25, 0.3) is 21.6 Å². The molecule has 24 heavy (non-hydrogen) atoms. The number of hydrogen-bond donors (Lipinski definition) is 0. The molecule has 2 aromatic carbocycles. The second-order valence-electron chi connectivity index (χ2n) is 5.19. The highest BCUT2D eigenvalue weighted by atomic mass is 32.9. The number of hydrogen-bond acceptors (Lipinski definition) is 6. The predicted octanol–water partition coefficient (Wildman–Crippen LogP) is 5.29. The Bertz CT molecular complexity index is 1030. The summed E-state index contributed by atoms with van der Waals surface area (Å²) >= 11 is 5.51. The second kappa shape index (κ2) is 6.76. The van der Waals surface area contributed by atoms with Gasteiger partial charge in [-0.05, 0) is 35.4 Å². The van der Waals surface area contributed by atoms with Crippen LogP contribution in [0.2, 0.25) is 0 Å². The summed E-state index contributed by atoms with van der Waals surface area (Å²) in [6.45, 7) is 0. The Kier molecular flexibility index (Phi) is 4.87. The maximum Gasteiger partial charge on any atom is 0.175 e. The zero-order valence-electron chi connectivity index (χ0n) is 13.0. The summed E-state index contributed by atoms with van der Waals surface area (Å²) in [5.74, 6) is 0.775. The summed E-state index contributed by atoms with van der Waals surface area (Å²) in [4.78, 5) is 1.35. The molecule has 0 atom stereocenters. The Labute approximate surface area is 153 Å². The van der Waals surface area contributed by atoms with Crippen molar-refractivity contribution < 1.29 is 13.2 Å². The highest BCUT2D eigenvalue weighted by molar-refractivity contribution is 7.90. The van der Waals surface area contributed by atoms with E-state index in [1.165, 1.54) is 6.26 Å². The molecule has 1 heterocycles. The normalized spacial score (nSPS) is 11.4. The Morgan fingerprint density at radius 1 is 1.00 bits per heavy atom. The van der Waals surface area contributed by atoms with Gasteiger partial charge in [-0.25, -0.2) is 8.42 Å². The molecule has 0 unspecified atom stereocenters. The van der Waals surface area contributed by atoms with E-state index in [-0.39, 0.29) is 0 Å². The summed E-state index contributed by atoms with van der Waals surface area (Å²) in [7, 11) is 1.57. The van der Waals surface area contributed by atoms with Gasteiger partial charge in [0.15, 0.2) is 9.84 Å². The molecule has 3 aromatic rings. The van der Waals surface area contributed by atoms with Crippen LogP contribution in [0.3, 0.4) is 0 Å². The van der Waals surface area contributed by atoms with Gasteiger partial charge < -0.3 is 4.74 Å². The molecule has 3 nitrogen and oxygen atoms in total. The van der Waals surface area contributed by atoms with Crippen LogP contribution < -0.4 is 4.74 Å². The van der Waals surface area contributed by atoms with Gasteiger partial charge in [0.05, 0.1) is 16.9 Å². The van der Waals surface area contributed by atoms with Crippen LogP contribution in [-0.2, 0) is 9.84 Å². The second-order valence-corrected chi connectivity index (χ2v) is 10.0. The summed E-state index contributed by atoms with van der Waals surface area (Å²) in [6.07, 6.45) is 1.21. The number of ether oxygens (including phenoxy) is 1. The van der Waals surface area contributed by atoms with Crippen LogP contribution in [0.5, 0.6) is 5.75 Å². The van der Waals surface area contributed by atoms with Crippen molar-refractivity contribution in [3.63, 3.8) is 0 Å². The molecule has 0 aliphatic heterocycles. The van der Waals surface area contributed by atoms with Crippen LogP contribution in [-0.4, -0.2) is 21.8 Å². The first-order chi connectivity index (χ1) is 11.4. The third-order valence-corrected chi connectivity index (χ3v) is 7.73. The zero-order valence-corrected chi connectivity index (χ0v) is 16.2. The van der Waals surface area contributed by atoms with Gasteiger partial charge in [-0.15, -0.1) is 0 Å². The van der Waals surface area contributed by atoms with E-state index >= 15 is 0 Å². The maximum absolute atomic E-state index is 11.6. The fourth-order valence-corrected chi connectivity index (χ4v) is 5.88. The van der Waals surface area contributed by atoms with Crippen LogP contribution in [0.1, 0.15) is 0 Å². The third-order valence-electron chi connectivity index (χ3n) is 3.53. The highest BCUT2D eigenvalue weighted by Crippen LogP contribution is 2.42. The van der Waals surface area contributed by atoms with Gasteiger partial charge in [0.2, 0.25) is 0 Å². The Hall–Kier alpha value is -1.54. The lowest BCUT2D eigenvalue weighted by Crippen LogP contribution is -1.96. The van der Waals surface area contributed by atoms with Crippen LogP contribution in [0, 0.1) is 3.82 Å². The van der Waals surface area contributed by atoms with Crippen LogP contribution in [0.4, 0.5) is 0 Å². The number of sulfone groups is 1. The van der Waals surface area contributed by atoms with E-state index in [1.807, 2.05) is 36.4 Å². The molecule has 1 aromatic heterocycles. The molecular formula is C17H14O3S4. The van der Waals surface area contributed by atoms with Crippen molar-refractivity contribution in [2.75, 3.05) is 13.4 Å². The minimum Gasteiger partial charge on any atom is -0.497 e. The average Bonchev–Trinajstić information content (AvgIpc) is 2.96. The first-order valence-corrected chi connectivity index (χ1v) is 11.4. The van der Waals surface area contributed by atoms with Crippen LogP contribution >= 0.6 is 32.9 Å². The van der Waals surface area contributed by atoms with Gasteiger partial charge in [0.1, 0.15) is 9.57 Å². The van der Waals surface area contributed by atoms with E-state index in [4.69, 9.17) is 17.0 Å². The molecule has 0 spiro atoms. The molecule has 0 radical (unpaired) electrons. The molecule has 0 bridgehead atoms. The van der Waals surface area contributed by atoms with Crippen molar-refractivity contribution in [1.29, 1.82) is 0 Å². The summed E-state index contributed by atoms with van der Waals surface area (Å²) in [5.41, 5.74) is 2.95. The molecule has 0 amide bonds. The molecule has 0 fully saturated rings. The molecule has 124 valence electrons. The number of rotatable bonds is 4. The molecule has 3 rings (SSSR count). The monoisotopic (exact) mass is 394 g/mol. The first-order valence-electron chi connectivity index (χ1n) is 6.98. The van der Waals surface area contributed by atoms with Crippen molar-refractivity contribution in [3.8, 4) is 27.3 Å². The highest BCUT2D eigenvalue weighted by Gasteiger charge is 2.14. The Morgan fingerprint density at radius 3 is 2.33 bits per heavy atom. The minimum atomic E-state index is -3.20. The molecular weight excluding hydrogens is 380 g/mol. The third kappa shape index (κ3) is 3.44. The number of methoxy groups -OCH3 is 1. The van der Waals surface area contributed by atoms with Crippen LogP contribution in [0.15, 0.2) is 53.4 Å². The smallest absolute Gasteiger partial charge is 0.175 e. The fraction of sp³-hybridized carbons (Fsp3) is 0.118. The largest absolute Gasteiger partial charge is 0.497 e. The van der Waals surface area contributed by atoms with Gasteiger partial charge in [0.25, 0.3) is 0 Å². The summed E-state index contributed by atoms with van der Waals surface area (Å²) in [5, 5.41) is 0. The lowest BCUT2D eigenvalue weighted by Gasteiger charge is -2.07. The van der Waals surface area contributed by atoms with Gasteiger partial charge in [-0.1, -0.05) is 57.2 Å². The number of benzene rings is 2. The summed E-state index contributed by atoms with van der Waals surface area (Å²) in [6, 6.07) is 14.7. The molecule has 7 heteroatoms. The van der Waals surface area contributed by atoms with E-state index in [0.717, 1.165) is 31.1 Å². The molecule has 0 aliphatic carbocycles. The van der Waals surface area contributed by atoms with Crippen molar-refractivity contribution in [2.45, 2.75) is 4.90 Å². The van der Waals surface area contributed by atoms with Gasteiger partial charge in [-0.3, -0.25) is 0 Å². The topological polar surface area (TPSA) is 43.4 Å². The Morgan fingerprint density at radius 2 is 1.71 bits per heavy atom. The van der Waals surface area contributed by atoms with Gasteiger partial charge in [-0.2, -0.15) is 0 Å². The average molecular weight is 395 g/mol. The van der Waals surface area contributed by atoms with Crippen molar-refractivity contribution in [2.24, 2.45) is 0 Å². The predicted molar refractivity (Wildman–Crippen MR) is 104 cm³/mol. The molecule has 0 saturated heterocycles. The molecule has 0 saturated carbocycles. The Balaban J connectivity index is 2.12. The van der Waals surface area contributed by atoms with Crippen molar-refractivity contribution in [1.82, 2.24) is 0 Å². The van der Waals surface area contributed by atoms with E-state index < -0.39 is 9.84 Å². The van der Waals surface area contributed by atoms with Crippen molar-refractivity contribution >= 4 is 42.7 Å². The molecule has 0 N–H and O–H groups in total. The van der Waals surface area contributed by atoms with E-state index in [2.05, 4.69) is 0 Å². The first kappa shape index (κ1) is 17.3.